The normalized spacial score (nSPS) is 19.3. The average molecular weight is 357 g/mol. The fourth-order valence-corrected chi connectivity index (χ4v) is 4.01. The van der Waals surface area contributed by atoms with Gasteiger partial charge in [-0.05, 0) is 69.8 Å². The van der Waals surface area contributed by atoms with Crippen molar-refractivity contribution in [1.29, 1.82) is 0 Å². The minimum Gasteiger partial charge on any atom is -0.356 e. The molecule has 26 heavy (non-hydrogen) atoms. The lowest BCUT2D eigenvalue weighted by molar-refractivity contribution is -0.126. The highest BCUT2D eigenvalue weighted by Crippen LogP contribution is 2.20. The summed E-state index contributed by atoms with van der Waals surface area (Å²) in [5.41, 5.74) is 1.99. The van der Waals surface area contributed by atoms with Crippen molar-refractivity contribution in [3.05, 3.63) is 35.4 Å². The average Bonchev–Trinajstić information content (AvgIpc) is 2.69. The molecule has 3 rings (SSSR count). The summed E-state index contributed by atoms with van der Waals surface area (Å²) in [6.45, 7) is 7.16. The first-order valence-corrected chi connectivity index (χ1v) is 10.1. The van der Waals surface area contributed by atoms with Crippen molar-refractivity contribution in [2.75, 3.05) is 32.7 Å². The number of carbonyl (C=O) groups is 2. The topological polar surface area (TPSA) is 52.7 Å². The van der Waals surface area contributed by atoms with Gasteiger partial charge in [-0.15, -0.1) is 0 Å². The van der Waals surface area contributed by atoms with Gasteiger partial charge in [0, 0.05) is 37.7 Å². The summed E-state index contributed by atoms with van der Waals surface area (Å²) in [5.74, 6) is 0.515. The van der Waals surface area contributed by atoms with Crippen LogP contribution in [-0.4, -0.2) is 54.3 Å². The summed E-state index contributed by atoms with van der Waals surface area (Å²) in [7, 11) is 0. The maximum Gasteiger partial charge on any atom is 0.253 e. The molecule has 1 N–H and O–H groups in total. The standard InChI is InChI=1S/C21H31N3O2/c1-2-22-20(25)18-9-13-23(14-10-18)16-17-7-6-8-19(15-17)21(26)24-11-4-3-5-12-24/h6-8,15,18H,2-5,9-14,16H2,1H3,(H,22,25). The second-order valence-electron chi connectivity index (χ2n) is 7.50. The Morgan fingerprint density at radius 2 is 1.81 bits per heavy atom. The number of amides is 2. The Balaban J connectivity index is 1.54. The molecule has 0 bridgehead atoms. The quantitative estimate of drug-likeness (QED) is 0.881. The van der Waals surface area contributed by atoms with Crippen LogP contribution in [0.2, 0.25) is 0 Å². The highest BCUT2D eigenvalue weighted by Gasteiger charge is 2.25. The Kier molecular flexibility index (Phi) is 6.67. The van der Waals surface area contributed by atoms with Crippen LogP contribution >= 0.6 is 0 Å². The van der Waals surface area contributed by atoms with Gasteiger partial charge in [0.1, 0.15) is 0 Å². The predicted octanol–water partition coefficient (Wildman–Crippen LogP) is 2.66. The van der Waals surface area contributed by atoms with E-state index in [9.17, 15) is 9.59 Å². The molecule has 2 heterocycles. The van der Waals surface area contributed by atoms with Gasteiger partial charge in [-0.3, -0.25) is 14.5 Å². The number of hydrogen-bond acceptors (Lipinski definition) is 3. The summed E-state index contributed by atoms with van der Waals surface area (Å²) in [6.07, 6.45) is 5.30. The van der Waals surface area contributed by atoms with Gasteiger partial charge in [0.25, 0.3) is 5.91 Å². The first-order valence-electron chi connectivity index (χ1n) is 10.1. The third-order valence-electron chi connectivity index (χ3n) is 5.53. The van der Waals surface area contributed by atoms with Crippen molar-refractivity contribution in [3.63, 3.8) is 0 Å². The number of nitrogens with zero attached hydrogens (tertiary/aromatic N) is 2. The van der Waals surface area contributed by atoms with Crippen molar-refractivity contribution >= 4 is 11.8 Å². The summed E-state index contributed by atoms with van der Waals surface area (Å²) in [6, 6.07) is 8.07. The molecule has 0 spiro atoms. The van der Waals surface area contributed by atoms with Gasteiger partial charge in [-0.25, -0.2) is 0 Å². The third-order valence-corrected chi connectivity index (χ3v) is 5.53. The first kappa shape index (κ1) is 18.9. The molecule has 1 aromatic carbocycles. The number of carbonyl (C=O) groups excluding carboxylic acids is 2. The van der Waals surface area contributed by atoms with Crippen molar-refractivity contribution < 1.29 is 9.59 Å². The Morgan fingerprint density at radius 1 is 1.08 bits per heavy atom. The molecule has 0 saturated carbocycles. The lowest BCUT2D eigenvalue weighted by atomic mass is 9.95. The van der Waals surface area contributed by atoms with Crippen molar-refractivity contribution in [2.45, 2.75) is 45.6 Å². The molecule has 2 saturated heterocycles. The SMILES string of the molecule is CCNC(=O)C1CCN(Cc2cccc(C(=O)N3CCCCC3)c2)CC1. The lowest BCUT2D eigenvalue weighted by Gasteiger charge is -2.31. The van der Waals surface area contributed by atoms with Gasteiger partial charge in [-0.1, -0.05) is 12.1 Å². The van der Waals surface area contributed by atoms with Crippen LogP contribution < -0.4 is 5.32 Å². The maximum absolute atomic E-state index is 12.7. The van der Waals surface area contributed by atoms with Crippen molar-refractivity contribution in [2.24, 2.45) is 5.92 Å². The summed E-state index contributed by atoms with van der Waals surface area (Å²) < 4.78 is 0. The van der Waals surface area contributed by atoms with E-state index in [4.69, 9.17) is 0 Å². The summed E-state index contributed by atoms with van der Waals surface area (Å²) >= 11 is 0. The van der Waals surface area contributed by atoms with E-state index < -0.39 is 0 Å². The molecule has 2 fully saturated rings. The molecule has 0 radical (unpaired) electrons. The molecule has 1 aromatic rings. The summed E-state index contributed by atoms with van der Waals surface area (Å²) in [5, 5.41) is 2.93. The van der Waals surface area contributed by atoms with E-state index in [-0.39, 0.29) is 17.7 Å². The van der Waals surface area contributed by atoms with Crippen LogP contribution in [0, 0.1) is 5.92 Å². The fourth-order valence-electron chi connectivity index (χ4n) is 4.01. The number of benzene rings is 1. The lowest BCUT2D eigenvalue weighted by Crippen LogP contribution is -2.40. The second-order valence-corrected chi connectivity index (χ2v) is 7.50. The first-order chi connectivity index (χ1) is 12.7. The molecule has 5 heteroatoms. The van der Waals surface area contributed by atoms with E-state index in [0.717, 1.165) is 64.0 Å². The largest absolute Gasteiger partial charge is 0.356 e. The van der Waals surface area contributed by atoms with E-state index in [1.54, 1.807) is 0 Å². The zero-order valence-electron chi connectivity index (χ0n) is 15.9. The van der Waals surface area contributed by atoms with Gasteiger partial charge in [0.05, 0.1) is 0 Å². The Labute approximate surface area is 156 Å². The Morgan fingerprint density at radius 3 is 2.50 bits per heavy atom. The number of piperidine rings is 2. The fraction of sp³-hybridized carbons (Fsp3) is 0.619. The van der Waals surface area contributed by atoms with Crippen LogP contribution in [0.3, 0.4) is 0 Å². The van der Waals surface area contributed by atoms with Gasteiger partial charge in [0.2, 0.25) is 5.91 Å². The molecule has 2 aliphatic heterocycles. The Bertz CT molecular complexity index is 617. The number of likely N-dealkylation sites (tertiary alicyclic amines) is 2. The Hall–Kier alpha value is -1.88. The number of rotatable bonds is 5. The molecular weight excluding hydrogens is 326 g/mol. The molecule has 142 valence electrons. The highest BCUT2D eigenvalue weighted by atomic mass is 16.2. The zero-order chi connectivity index (χ0) is 18.4. The van der Waals surface area contributed by atoms with Gasteiger partial charge >= 0.3 is 0 Å². The molecule has 0 unspecified atom stereocenters. The van der Waals surface area contributed by atoms with Crippen LogP contribution in [-0.2, 0) is 11.3 Å². The maximum atomic E-state index is 12.7. The van der Waals surface area contributed by atoms with Crippen molar-refractivity contribution in [3.8, 4) is 0 Å². The smallest absolute Gasteiger partial charge is 0.253 e. The molecule has 2 amide bonds. The summed E-state index contributed by atoms with van der Waals surface area (Å²) in [4.78, 5) is 29.0. The number of hydrogen-bond donors (Lipinski definition) is 1. The molecule has 5 nitrogen and oxygen atoms in total. The van der Waals surface area contributed by atoms with E-state index >= 15 is 0 Å². The van der Waals surface area contributed by atoms with Crippen LogP contribution in [0.25, 0.3) is 0 Å². The van der Waals surface area contributed by atoms with Gasteiger partial charge in [-0.2, -0.15) is 0 Å². The van der Waals surface area contributed by atoms with E-state index in [0.29, 0.717) is 6.54 Å². The minimum absolute atomic E-state index is 0.151. The number of nitrogens with one attached hydrogen (secondary N) is 1. The molecule has 2 aliphatic rings. The van der Waals surface area contributed by atoms with Crippen LogP contribution in [0.15, 0.2) is 24.3 Å². The van der Waals surface area contributed by atoms with E-state index in [2.05, 4.69) is 16.3 Å². The van der Waals surface area contributed by atoms with Gasteiger partial charge in [0.15, 0.2) is 0 Å². The second kappa shape index (κ2) is 9.17. The molecular formula is C21H31N3O2. The van der Waals surface area contributed by atoms with Gasteiger partial charge < -0.3 is 10.2 Å². The van der Waals surface area contributed by atoms with Crippen LogP contribution in [0.4, 0.5) is 0 Å². The zero-order valence-corrected chi connectivity index (χ0v) is 15.9. The van der Waals surface area contributed by atoms with Crippen molar-refractivity contribution in [1.82, 2.24) is 15.1 Å². The van der Waals surface area contributed by atoms with Crippen LogP contribution in [0.1, 0.15) is 54.9 Å². The molecule has 0 aromatic heterocycles. The molecule has 0 atom stereocenters. The third kappa shape index (κ3) is 4.85. The van der Waals surface area contributed by atoms with E-state index in [1.165, 1.54) is 12.0 Å². The van der Waals surface area contributed by atoms with E-state index in [1.807, 2.05) is 30.0 Å². The predicted molar refractivity (Wildman–Crippen MR) is 103 cm³/mol. The monoisotopic (exact) mass is 357 g/mol. The molecule has 0 aliphatic carbocycles. The minimum atomic E-state index is 0.151. The van der Waals surface area contributed by atoms with Crippen LogP contribution in [0.5, 0.6) is 0 Å². The highest BCUT2D eigenvalue weighted by molar-refractivity contribution is 5.94.